The minimum absolute atomic E-state index is 0.109. The van der Waals surface area contributed by atoms with E-state index in [0.717, 1.165) is 18.2 Å². The van der Waals surface area contributed by atoms with Crippen molar-refractivity contribution in [3.63, 3.8) is 0 Å². The van der Waals surface area contributed by atoms with E-state index in [1.165, 1.54) is 12.1 Å². The van der Waals surface area contributed by atoms with Gasteiger partial charge >= 0.3 is 0 Å². The minimum atomic E-state index is -0.978. The zero-order valence-electron chi connectivity index (χ0n) is 11.7. The van der Waals surface area contributed by atoms with Crippen LogP contribution < -0.4 is 14.8 Å². The second-order valence-corrected chi connectivity index (χ2v) is 4.43. The number of ether oxygens (including phenoxy) is 2. The first kappa shape index (κ1) is 15.3. The average molecular weight is 293 g/mol. The summed E-state index contributed by atoms with van der Waals surface area (Å²) in [4.78, 5) is 0. The normalized spacial score (nSPS) is 10.4. The predicted molar refractivity (Wildman–Crippen MR) is 76.6 cm³/mol. The Labute approximate surface area is 122 Å². The third-order valence-electron chi connectivity index (χ3n) is 2.81. The van der Waals surface area contributed by atoms with Gasteiger partial charge in [-0.15, -0.1) is 0 Å². The van der Waals surface area contributed by atoms with E-state index >= 15 is 0 Å². The molecule has 0 aromatic heterocycles. The van der Waals surface area contributed by atoms with Gasteiger partial charge < -0.3 is 14.8 Å². The third kappa shape index (κ3) is 4.43. The highest BCUT2D eigenvalue weighted by Gasteiger charge is 2.08. The van der Waals surface area contributed by atoms with Gasteiger partial charge in [0.05, 0.1) is 0 Å². The van der Waals surface area contributed by atoms with Crippen LogP contribution >= 0.6 is 0 Å². The highest BCUT2D eigenvalue weighted by atomic mass is 19.2. The molecule has 0 spiro atoms. The lowest BCUT2D eigenvalue weighted by atomic mass is 10.2. The number of rotatable bonds is 7. The molecule has 0 saturated heterocycles. The Balaban J connectivity index is 1.82. The Kier molecular flexibility index (Phi) is 5.51. The fourth-order valence-electron chi connectivity index (χ4n) is 1.86. The molecule has 0 bridgehead atoms. The van der Waals surface area contributed by atoms with Crippen LogP contribution in [0.25, 0.3) is 0 Å². The molecule has 0 atom stereocenters. The van der Waals surface area contributed by atoms with Gasteiger partial charge in [0, 0.05) is 6.54 Å². The summed E-state index contributed by atoms with van der Waals surface area (Å²) in [6.07, 6.45) is 0. The van der Waals surface area contributed by atoms with E-state index in [9.17, 15) is 8.78 Å². The van der Waals surface area contributed by atoms with E-state index in [1.54, 1.807) is 0 Å². The second kappa shape index (κ2) is 7.59. The molecule has 0 radical (unpaired) electrons. The lowest BCUT2D eigenvalue weighted by Gasteiger charge is -2.10. The molecule has 2 aromatic rings. The maximum atomic E-state index is 13.3. The van der Waals surface area contributed by atoms with Crippen molar-refractivity contribution in [3.8, 4) is 11.5 Å². The van der Waals surface area contributed by atoms with Crippen molar-refractivity contribution in [2.24, 2.45) is 0 Å². The first-order valence-electron chi connectivity index (χ1n) is 6.64. The fraction of sp³-hybridized carbons (Fsp3) is 0.250. The van der Waals surface area contributed by atoms with Gasteiger partial charge in [-0.25, -0.2) is 4.39 Å². The van der Waals surface area contributed by atoms with Gasteiger partial charge in [-0.3, -0.25) is 0 Å². The van der Waals surface area contributed by atoms with Gasteiger partial charge in [-0.2, -0.15) is 4.39 Å². The molecule has 1 N–H and O–H groups in total. The molecule has 0 fully saturated rings. The maximum Gasteiger partial charge on any atom is 0.200 e. The summed E-state index contributed by atoms with van der Waals surface area (Å²) >= 11 is 0. The number of hydrogen-bond donors (Lipinski definition) is 1. The van der Waals surface area contributed by atoms with E-state index in [2.05, 4.69) is 5.32 Å². The number of halogens is 2. The molecule has 21 heavy (non-hydrogen) atoms. The first-order valence-corrected chi connectivity index (χ1v) is 6.64. The van der Waals surface area contributed by atoms with Crippen LogP contribution in [0.1, 0.15) is 5.56 Å². The molecule has 0 aliphatic carbocycles. The number of nitrogens with one attached hydrogen (secondary N) is 1. The summed E-state index contributed by atoms with van der Waals surface area (Å²) in [5.41, 5.74) is 1.10. The Hall–Kier alpha value is -2.14. The lowest BCUT2D eigenvalue weighted by Crippen LogP contribution is -2.10. The molecule has 0 aliphatic rings. The van der Waals surface area contributed by atoms with Gasteiger partial charge in [0.1, 0.15) is 19.0 Å². The molecular weight excluding hydrogens is 276 g/mol. The maximum absolute atomic E-state index is 13.3. The van der Waals surface area contributed by atoms with E-state index in [4.69, 9.17) is 9.47 Å². The van der Waals surface area contributed by atoms with Crippen molar-refractivity contribution >= 4 is 0 Å². The third-order valence-corrected chi connectivity index (χ3v) is 2.81. The van der Waals surface area contributed by atoms with Crippen LogP contribution in [0.15, 0.2) is 42.5 Å². The second-order valence-electron chi connectivity index (χ2n) is 4.43. The molecule has 2 aromatic carbocycles. The molecule has 3 nitrogen and oxygen atoms in total. The van der Waals surface area contributed by atoms with Crippen LogP contribution in [0.2, 0.25) is 0 Å². The van der Waals surface area contributed by atoms with Gasteiger partial charge in [0.15, 0.2) is 11.6 Å². The minimum Gasteiger partial charge on any atom is -0.490 e. The van der Waals surface area contributed by atoms with Crippen molar-refractivity contribution in [2.75, 3.05) is 20.3 Å². The highest BCUT2D eigenvalue weighted by Crippen LogP contribution is 2.19. The van der Waals surface area contributed by atoms with Crippen LogP contribution in [-0.4, -0.2) is 20.3 Å². The number of hydrogen-bond acceptors (Lipinski definition) is 3. The summed E-state index contributed by atoms with van der Waals surface area (Å²) in [5, 5.41) is 3.05. The predicted octanol–water partition coefficient (Wildman–Crippen LogP) is 3.14. The zero-order chi connectivity index (χ0) is 15.1. The van der Waals surface area contributed by atoms with E-state index in [1.807, 2.05) is 31.3 Å². The van der Waals surface area contributed by atoms with Crippen molar-refractivity contribution in [2.45, 2.75) is 6.54 Å². The van der Waals surface area contributed by atoms with Crippen molar-refractivity contribution < 1.29 is 18.3 Å². The fourth-order valence-corrected chi connectivity index (χ4v) is 1.86. The topological polar surface area (TPSA) is 30.5 Å². The number of benzene rings is 2. The van der Waals surface area contributed by atoms with Gasteiger partial charge in [-0.05, 0) is 36.9 Å². The summed E-state index contributed by atoms with van der Waals surface area (Å²) in [7, 11) is 1.87. The van der Waals surface area contributed by atoms with Crippen LogP contribution in [0.4, 0.5) is 8.78 Å². The van der Waals surface area contributed by atoms with Crippen molar-refractivity contribution in [1.82, 2.24) is 5.32 Å². The molecule has 0 aliphatic heterocycles. The van der Waals surface area contributed by atoms with E-state index in [0.29, 0.717) is 5.75 Å². The molecule has 5 heteroatoms. The van der Waals surface area contributed by atoms with E-state index < -0.39 is 11.6 Å². The molecule has 2 rings (SSSR count). The smallest absolute Gasteiger partial charge is 0.200 e. The zero-order valence-corrected chi connectivity index (χ0v) is 11.7. The molecule has 0 unspecified atom stereocenters. The molecule has 0 heterocycles. The SMILES string of the molecule is CNCc1cccc(OCCOc2cccc(F)c2F)c1. The van der Waals surface area contributed by atoms with E-state index in [-0.39, 0.29) is 19.0 Å². The molecule has 112 valence electrons. The average Bonchev–Trinajstić information content (AvgIpc) is 2.48. The Bertz CT molecular complexity index is 590. The highest BCUT2D eigenvalue weighted by molar-refractivity contribution is 5.28. The summed E-state index contributed by atoms with van der Waals surface area (Å²) in [6.45, 7) is 1.14. The Morgan fingerprint density at radius 3 is 2.57 bits per heavy atom. The Morgan fingerprint density at radius 2 is 1.76 bits per heavy atom. The van der Waals surface area contributed by atoms with Crippen LogP contribution in [0.3, 0.4) is 0 Å². The quantitative estimate of drug-likeness (QED) is 0.796. The standard InChI is InChI=1S/C16H17F2NO2/c1-19-11-12-4-2-5-13(10-12)20-8-9-21-15-7-3-6-14(17)16(15)18/h2-7,10,19H,8-9,11H2,1H3. The van der Waals surface area contributed by atoms with Crippen molar-refractivity contribution in [3.05, 3.63) is 59.7 Å². The largest absolute Gasteiger partial charge is 0.490 e. The summed E-state index contributed by atoms with van der Waals surface area (Å²) in [5.74, 6) is -1.30. The molecular formula is C16H17F2NO2. The summed E-state index contributed by atoms with van der Waals surface area (Å²) < 4.78 is 37.0. The molecule has 0 amide bonds. The van der Waals surface area contributed by atoms with Crippen LogP contribution in [0.5, 0.6) is 11.5 Å². The lowest BCUT2D eigenvalue weighted by molar-refractivity contribution is 0.209. The van der Waals surface area contributed by atoms with Crippen LogP contribution in [-0.2, 0) is 6.54 Å². The molecule has 0 saturated carbocycles. The van der Waals surface area contributed by atoms with Crippen molar-refractivity contribution in [1.29, 1.82) is 0 Å². The monoisotopic (exact) mass is 293 g/mol. The first-order chi connectivity index (χ1) is 10.2. The van der Waals surface area contributed by atoms with Gasteiger partial charge in [0.2, 0.25) is 5.82 Å². The van der Waals surface area contributed by atoms with Gasteiger partial charge in [0.25, 0.3) is 0 Å². The summed E-state index contributed by atoms with van der Waals surface area (Å²) in [6, 6.07) is 11.5. The van der Waals surface area contributed by atoms with Gasteiger partial charge in [-0.1, -0.05) is 18.2 Å². The van der Waals surface area contributed by atoms with Crippen LogP contribution in [0, 0.1) is 11.6 Å². The Morgan fingerprint density at radius 1 is 1.00 bits per heavy atom.